The third kappa shape index (κ3) is 6.02. The maximum atomic E-state index is 5.75. The van der Waals surface area contributed by atoms with E-state index in [4.69, 9.17) is 11.6 Å². The lowest BCUT2D eigenvalue weighted by molar-refractivity contribution is 0.327. The van der Waals surface area contributed by atoms with Crippen LogP contribution in [0.5, 0.6) is 0 Å². The van der Waals surface area contributed by atoms with Crippen molar-refractivity contribution in [3.8, 4) is 0 Å². The van der Waals surface area contributed by atoms with Crippen molar-refractivity contribution in [2.45, 2.75) is 77.0 Å². The van der Waals surface area contributed by atoms with Crippen molar-refractivity contribution in [1.82, 2.24) is 0 Å². The lowest BCUT2D eigenvalue weighted by atomic mass is 9.84. The molecule has 0 saturated heterocycles. The Kier molecular flexibility index (Phi) is 7.64. The van der Waals surface area contributed by atoms with E-state index >= 15 is 0 Å². The summed E-state index contributed by atoms with van der Waals surface area (Å²) in [4.78, 5) is 0. The molecule has 118 valence electrons. The van der Waals surface area contributed by atoms with Crippen LogP contribution in [0.4, 0.5) is 0 Å². The normalized spacial score (nSPS) is 17.8. The predicted molar refractivity (Wildman–Crippen MR) is 94.3 cm³/mol. The van der Waals surface area contributed by atoms with Crippen molar-refractivity contribution < 1.29 is 0 Å². The van der Waals surface area contributed by atoms with Crippen LogP contribution in [0.15, 0.2) is 24.3 Å². The van der Waals surface area contributed by atoms with Crippen LogP contribution in [0.3, 0.4) is 0 Å². The highest BCUT2D eigenvalue weighted by Gasteiger charge is 2.13. The molecule has 2 rings (SSSR count). The second-order valence-electron chi connectivity index (χ2n) is 6.87. The molecule has 0 nitrogen and oxygen atoms in total. The minimum atomic E-state index is 0.704. The molecule has 21 heavy (non-hydrogen) atoms. The molecule has 1 unspecified atom stereocenters. The fraction of sp³-hybridized carbons (Fsp3) is 0.700. The van der Waals surface area contributed by atoms with Gasteiger partial charge >= 0.3 is 0 Å². The van der Waals surface area contributed by atoms with Crippen LogP contribution in [0.25, 0.3) is 0 Å². The zero-order valence-electron chi connectivity index (χ0n) is 13.6. The second-order valence-corrected chi connectivity index (χ2v) is 7.25. The molecular weight excluding hydrogens is 276 g/mol. The van der Waals surface area contributed by atoms with Crippen LogP contribution in [-0.4, -0.2) is 5.88 Å². The van der Waals surface area contributed by atoms with Crippen LogP contribution in [-0.2, 0) is 6.42 Å². The summed E-state index contributed by atoms with van der Waals surface area (Å²) in [6.45, 7) is 2.38. The van der Waals surface area contributed by atoms with Gasteiger partial charge in [0.2, 0.25) is 0 Å². The minimum Gasteiger partial charge on any atom is -0.127 e. The van der Waals surface area contributed by atoms with E-state index in [-0.39, 0.29) is 0 Å². The molecule has 0 radical (unpaired) electrons. The largest absolute Gasteiger partial charge is 0.127 e. The van der Waals surface area contributed by atoms with E-state index in [2.05, 4.69) is 31.2 Å². The third-order valence-corrected chi connectivity index (χ3v) is 5.39. The van der Waals surface area contributed by atoms with E-state index in [1.807, 2.05) is 0 Å². The number of rotatable bonds is 8. The summed E-state index contributed by atoms with van der Waals surface area (Å²) in [6.07, 6.45) is 13.8. The first-order valence-corrected chi connectivity index (χ1v) is 9.48. The maximum absolute atomic E-state index is 5.75. The van der Waals surface area contributed by atoms with Gasteiger partial charge in [-0.05, 0) is 42.2 Å². The Morgan fingerprint density at radius 1 is 1.05 bits per heavy atom. The van der Waals surface area contributed by atoms with E-state index in [1.54, 1.807) is 0 Å². The number of halogens is 1. The lowest BCUT2D eigenvalue weighted by Gasteiger charge is -2.22. The van der Waals surface area contributed by atoms with Crippen molar-refractivity contribution in [3.05, 3.63) is 35.4 Å². The van der Waals surface area contributed by atoms with E-state index in [0.717, 1.165) is 24.6 Å². The fourth-order valence-corrected chi connectivity index (χ4v) is 3.77. The third-order valence-electron chi connectivity index (χ3n) is 5.12. The first kappa shape index (κ1) is 16.9. The highest BCUT2D eigenvalue weighted by molar-refractivity contribution is 6.17. The van der Waals surface area contributed by atoms with Gasteiger partial charge in [0, 0.05) is 5.88 Å². The number of benzene rings is 1. The standard InChI is InChI=1S/C20H31Cl/c1-17(7-5-10-18-8-3-2-4-9-18)20-14-12-19(13-15-20)11-6-16-21/h12-15,17-18H,2-11,16H2,1H3. The van der Waals surface area contributed by atoms with Crippen molar-refractivity contribution in [2.75, 3.05) is 5.88 Å². The maximum Gasteiger partial charge on any atom is 0.0226 e. The van der Waals surface area contributed by atoms with Crippen molar-refractivity contribution in [3.63, 3.8) is 0 Å². The number of alkyl halides is 1. The van der Waals surface area contributed by atoms with E-state index in [0.29, 0.717) is 5.92 Å². The molecule has 0 aliphatic heterocycles. The zero-order valence-corrected chi connectivity index (χ0v) is 14.4. The summed E-state index contributed by atoms with van der Waals surface area (Å²) in [6, 6.07) is 9.24. The van der Waals surface area contributed by atoms with Gasteiger partial charge < -0.3 is 0 Å². The van der Waals surface area contributed by atoms with Crippen molar-refractivity contribution >= 4 is 11.6 Å². The Morgan fingerprint density at radius 3 is 2.43 bits per heavy atom. The summed E-state index contributed by atoms with van der Waals surface area (Å²) in [7, 11) is 0. The SMILES string of the molecule is CC(CCCC1CCCCC1)c1ccc(CCCCl)cc1. The van der Waals surface area contributed by atoms with Gasteiger partial charge in [-0.1, -0.05) is 76.1 Å². The number of aryl methyl sites for hydroxylation is 1. The molecule has 1 aliphatic rings. The average Bonchev–Trinajstić information content (AvgIpc) is 2.54. The summed E-state index contributed by atoms with van der Waals surface area (Å²) >= 11 is 5.75. The van der Waals surface area contributed by atoms with Gasteiger partial charge in [-0.2, -0.15) is 0 Å². The molecule has 0 spiro atoms. The quantitative estimate of drug-likeness (QED) is 0.468. The lowest BCUT2D eigenvalue weighted by Crippen LogP contribution is -2.06. The molecule has 0 amide bonds. The highest BCUT2D eigenvalue weighted by Crippen LogP contribution is 2.30. The van der Waals surface area contributed by atoms with Gasteiger partial charge in [0.25, 0.3) is 0 Å². The monoisotopic (exact) mass is 306 g/mol. The fourth-order valence-electron chi connectivity index (χ4n) is 3.64. The van der Waals surface area contributed by atoms with Crippen LogP contribution >= 0.6 is 11.6 Å². The number of hydrogen-bond acceptors (Lipinski definition) is 0. The van der Waals surface area contributed by atoms with Crippen molar-refractivity contribution in [2.24, 2.45) is 5.92 Å². The van der Waals surface area contributed by atoms with Gasteiger partial charge in [0.1, 0.15) is 0 Å². The molecule has 1 aromatic rings. The van der Waals surface area contributed by atoms with E-state index in [9.17, 15) is 0 Å². The van der Waals surface area contributed by atoms with Gasteiger partial charge in [-0.25, -0.2) is 0 Å². The van der Waals surface area contributed by atoms with E-state index < -0.39 is 0 Å². The van der Waals surface area contributed by atoms with Crippen molar-refractivity contribution in [1.29, 1.82) is 0 Å². The smallest absolute Gasteiger partial charge is 0.0226 e. The molecule has 1 saturated carbocycles. The first-order valence-electron chi connectivity index (χ1n) is 8.94. The molecule has 1 atom stereocenters. The van der Waals surface area contributed by atoms with Gasteiger partial charge in [0.15, 0.2) is 0 Å². The Bertz CT molecular complexity index is 375. The minimum absolute atomic E-state index is 0.704. The predicted octanol–water partition coefficient (Wildman–Crippen LogP) is 6.71. The van der Waals surface area contributed by atoms with Crippen LogP contribution < -0.4 is 0 Å². The summed E-state index contributed by atoms with van der Waals surface area (Å²) < 4.78 is 0. The molecule has 0 bridgehead atoms. The Labute approximate surface area is 136 Å². The van der Waals surface area contributed by atoms with Crippen LogP contribution in [0.1, 0.15) is 81.8 Å². The molecular formula is C20H31Cl. The first-order chi connectivity index (χ1) is 10.3. The molecule has 1 fully saturated rings. The second kappa shape index (κ2) is 9.51. The average molecular weight is 307 g/mol. The molecule has 0 N–H and O–H groups in total. The Morgan fingerprint density at radius 2 is 1.76 bits per heavy atom. The molecule has 0 aromatic heterocycles. The number of hydrogen-bond donors (Lipinski definition) is 0. The van der Waals surface area contributed by atoms with Crippen LogP contribution in [0, 0.1) is 5.92 Å². The summed E-state index contributed by atoms with van der Waals surface area (Å²) in [5.41, 5.74) is 2.93. The summed E-state index contributed by atoms with van der Waals surface area (Å²) in [5.74, 6) is 2.50. The Balaban J connectivity index is 1.70. The Hall–Kier alpha value is -0.490. The topological polar surface area (TPSA) is 0 Å². The highest BCUT2D eigenvalue weighted by atomic mass is 35.5. The molecule has 1 heteroatoms. The molecule has 1 aromatic carbocycles. The molecule has 1 aliphatic carbocycles. The summed E-state index contributed by atoms with van der Waals surface area (Å²) in [5, 5.41) is 0. The molecule has 0 heterocycles. The van der Waals surface area contributed by atoms with E-state index in [1.165, 1.54) is 62.5 Å². The zero-order chi connectivity index (χ0) is 14.9. The van der Waals surface area contributed by atoms with Gasteiger partial charge in [-0.3, -0.25) is 0 Å². The van der Waals surface area contributed by atoms with Gasteiger partial charge in [0.05, 0.1) is 0 Å². The van der Waals surface area contributed by atoms with Gasteiger partial charge in [-0.15, -0.1) is 11.6 Å². The van der Waals surface area contributed by atoms with Crippen LogP contribution in [0.2, 0.25) is 0 Å².